The van der Waals surface area contributed by atoms with Crippen LogP contribution in [0.25, 0.3) is 0 Å². The predicted octanol–water partition coefficient (Wildman–Crippen LogP) is 0.758. The predicted molar refractivity (Wildman–Crippen MR) is 53.4 cm³/mol. The van der Waals surface area contributed by atoms with Crippen LogP contribution in [0, 0.1) is 11.8 Å². The Kier molecular flexibility index (Phi) is 4.22. The lowest BCUT2D eigenvalue weighted by Gasteiger charge is -2.02. The fraction of sp³-hybridized carbons (Fsp3) is 0.900. The zero-order valence-corrected chi connectivity index (χ0v) is 8.60. The van der Waals surface area contributed by atoms with E-state index < -0.39 is 0 Å². The molecular weight excluding hydrogens is 164 g/mol. The molecule has 0 saturated heterocycles. The van der Waals surface area contributed by atoms with E-state index >= 15 is 0 Å². The Labute approximate surface area is 80.3 Å². The molecule has 1 amide bonds. The molecule has 0 bridgehead atoms. The molecule has 13 heavy (non-hydrogen) atoms. The van der Waals surface area contributed by atoms with E-state index in [0.29, 0.717) is 6.42 Å². The van der Waals surface area contributed by atoms with Gasteiger partial charge in [0.25, 0.3) is 0 Å². The number of carbonyl (C=O) groups excluding carboxylic acids is 1. The van der Waals surface area contributed by atoms with Crippen LogP contribution in [-0.2, 0) is 4.79 Å². The first-order valence-corrected chi connectivity index (χ1v) is 5.15. The van der Waals surface area contributed by atoms with Crippen molar-refractivity contribution in [2.45, 2.75) is 26.2 Å². The minimum Gasteiger partial charge on any atom is -0.359 e. The van der Waals surface area contributed by atoms with Gasteiger partial charge in [0.1, 0.15) is 0 Å². The summed E-state index contributed by atoms with van der Waals surface area (Å²) in [5, 5.41) is 5.99. The summed E-state index contributed by atoms with van der Waals surface area (Å²) in [5.74, 6) is 1.97. The number of amides is 1. The van der Waals surface area contributed by atoms with Gasteiger partial charge >= 0.3 is 0 Å². The summed E-state index contributed by atoms with van der Waals surface area (Å²) < 4.78 is 0. The van der Waals surface area contributed by atoms with Crippen LogP contribution in [0.2, 0.25) is 0 Å². The third-order valence-electron chi connectivity index (χ3n) is 2.72. The van der Waals surface area contributed by atoms with E-state index in [-0.39, 0.29) is 5.91 Å². The maximum Gasteiger partial charge on any atom is 0.219 e. The van der Waals surface area contributed by atoms with Crippen molar-refractivity contribution in [3.8, 4) is 0 Å². The van der Waals surface area contributed by atoms with Crippen molar-refractivity contribution in [3.63, 3.8) is 0 Å². The second-order valence-electron chi connectivity index (χ2n) is 3.95. The van der Waals surface area contributed by atoms with Crippen LogP contribution in [0.4, 0.5) is 0 Å². The van der Waals surface area contributed by atoms with E-state index in [9.17, 15) is 4.79 Å². The SMILES string of the molecule is CNC(=O)CCCNCC1CC1C. The van der Waals surface area contributed by atoms with Crippen LogP contribution in [0.1, 0.15) is 26.2 Å². The standard InChI is InChI=1S/C10H20N2O/c1-8-6-9(8)7-12-5-3-4-10(13)11-2/h8-9,12H,3-7H2,1-2H3,(H,11,13). The van der Waals surface area contributed by atoms with Crippen molar-refractivity contribution in [1.29, 1.82) is 0 Å². The average Bonchev–Trinajstić information content (AvgIpc) is 2.81. The molecule has 0 aliphatic heterocycles. The molecule has 2 N–H and O–H groups in total. The van der Waals surface area contributed by atoms with Gasteiger partial charge in [-0.2, -0.15) is 0 Å². The van der Waals surface area contributed by atoms with Crippen molar-refractivity contribution in [3.05, 3.63) is 0 Å². The molecule has 1 aliphatic carbocycles. The monoisotopic (exact) mass is 184 g/mol. The van der Waals surface area contributed by atoms with E-state index in [1.807, 2.05) is 0 Å². The van der Waals surface area contributed by atoms with Gasteiger partial charge in [0, 0.05) is 13.5 Å². The number of hydrogen-bond donors (Lipinski definition) is 2. The highest BCUT2D eigenvalue weighted by Gasteiger charge is 2.31. The Morgan fingerprint density at radius 2 is 2.23 bits per heavy atom. The Hall–Kier alpha value is -0.570. The third kappa shape index (κ3) is 4.27. The number of nitrogens with one attached hydrogen (secondary N) is 2. The van der Waals surface area contributed by atoms with E-state index in [4.69, 9.17) is 0 Å². The van der Waals surface area contributed by atoms with Crippen molar-refractivity contribution in [1.82, 2.24) is 10.6 Å². The molecule has 0 aromatic rings. The summed E-state index contributed by atoms with van der Waals surface area (Å²) in [6.07, 6.45) is 2.97. The molecule has 76 valence electrons. The maximum atomic E-state index is 10.8. The molecule has 0 aromatic carbocycles. The fourth-order valence-corrected chi connectivity index (χ4v) is 1.47. The first kappa shape index (κ1) is 10.5. The van der Waals surface area contributed by atoms with Gasteiger partial charge in [-0.25, -0.2) is 0 Å². The van der Waals surface area contributed by atoms with E-state index in [1.165, 1.54) is 6.42 Å². The van der Waals surface area contributed by atoms with Gasteiger partial charge in [0.05, 0.1) is 0 Å². The molecule has 0 heterocycles. The van der Waals surface area contributed by atoms with Gasteiger partial charge < -0.3 is 10.6 Å². The van der Waals surface area contributed by atoms with Crippen LogP contribution in [0.5, 0.6) is 0 Å². The van der Waals surface area contributed by atoms with Gasteiger partial charge in [-0.1, -0.05) is 6.92 Å². The fourth-order valence-electron chi connectivity index (χ4n) is 1.47. The molecule has 1 saturated carbocycles. The zero-order chi connectivity index (χ0) is 9.68. The molecular formula is C10H20N2O. The molecule has 1 fully saturated rings. The number of rotatable bonds is 6. The molecule has 0 radical (unpaired) electrons. The minimum atomic E-state index is 0.140. The van der Waals surface area contributed by atoms with Crippen molar-refractivity contribution >= 4 is 5.91 Å². The molecule has 3 heteroatoms. The van der Waals surface area contributed by atoms with Gasteiger partial charge in [-0.15, -0.1) is 0 Å². The first-order chi connectivity index (χ1) is 6.24. The highest BCUT2D eigenvalue weighted by molar-refractivity contribution is 5.75. The van der Waals surface area contributed by atoms with Crippen molar-refractivity contribution in [2.24, 2.45) is 11.8 Å². The molecule has 2 atom stereocenters. The Balaban J connectivity index is 1.81. The van der Waals surface area contributed by atoms with Crippen LogP contribution in [-0.4, -0.2) is 26.0 Å². The lowest BCUT2D eigenvalue weighted by Crippen LogP contribution is -2.22. The normalized spacial score (nSPS) is 25.7. The first-order valence-electron chi connectivity index (χ1n) is 5.15. The molecule has 2 unspecified atom stereocenters. The van der Waals surface area contributed by atoms with Crippen LogP contribution in [0.3, 0.4) is 0 Å². The molecule has 1 rings (SSSR count). The van der Waals surface area contributed by atoms with Crippen LogP contribution < -0.4 is 10.6 Å². The van der Waals surface area contributed by atoms with Gasteiger partial charge in [-0.05, 0) is 37.8 Å². The summed E-state index contributed by atoms with van der Waals surface area (Å²) >= 11 is 0. The third-order valence-corrected chi connectivity index (χ3v) is 2.72. The number of hydrogen-bond acceptors (Lipinski definition) is 2. The maximum absolute atomic E-state index is 10.8. The van der Waals surface area contributed by atoms with E-state index in [0.717, 1.165) is 31.3 Å². The quantitative estimate of drug-likeness (QED) is 0.598. The van der Waals surface area contributed by atoms with E-state index in [2.05, 4.69) is 17.6 Å². The van der Waals surface area contributed by atoms with Gasteiger partial charge in [0.15, 0.2) is 0 Å². The topological polar surface area (TPSA) is 41.1 Å². The summed E-state index contributed by atoms with van der Waals surface area (Å²) in [4.78, 5) is 10.8. The second-order valence-corrected chi connectivity index (χ2v) is 3.95. The largest absolute Gasteiger partial charge is 0.359 e. The Morgan fingerprint density at radius 3 is 2.77 bits per heavy atom. The summed E-state index contributed by atoms with van der Waals surface area (Å²) in [6.45, 7) is 4.39. The lowest BCUT2D eigenvalue weighted by molar-refractivity contribution is -0.120. The second kappa shape index (κ2) is 5.22. The number of carbonyl (C=O) groups is 1. The van der Waals surface area contributed by atoms with Gasteiger partial charge in [0.2, 0.25) is 5.91 Å². The molecule has 3 nitrogen and oxygen atoms in total. The van der Waals surface area contributed by atoms with Crippen molar-refractivity contribution < 1.29 is 4.79 Å². The molecule has 0 aromatic heterocycles. The molecule has 1 aliphatic rings. The van der Waals surface area contributed by atoms with Gasteiger partial charge in [-0.3, -0.25) is 4.79 Å². The minimum absolute atomic E-state index is 0.140. The highest BCUT2D eigenvalue weighted by Crippen LogP contribution is 2.36. The average molecular weight is 184 g/mol. The Morgan fingerprint density at radius 1 is 1.54 bits per heavy atom. The lowest BCUT2D eigenvalue weighted by atomic mass is 10.3. The van der Waals surface area contributed by atoms with Crippen LogP contribution in [0.15, 0.2) is 0 Å². The zero-order valence-electron chi connectivity index (χ0n) is 8.60. The molecule has 0 spiro atoms. The summed E-state index contributed by atoms with van der Waals surface area (Å²) in [7, 11) is 1.68. The Bertz CT molecular complexity index is 170. The van der Waals surface area contributed by atoms with Crippen LogP contribution >= 0.6 is 0 Å². The smallest absolute Gasteiger partial charge is 0.219 e. The highest BCUT2D eigenvalue weighted by atomic mass is 16.1. The summed E-state index contributed by atoms with van der Waals surface area (Å²) in [5.41, 5.74) is 0. The summed E-state index contributed by atoms with van der Waals surface area (Å²) in [6, 6.07) is 0. The van der Waals surface area contributed by atoms with Crippen molar-refractivity contribution in [2.75, 3.05) is 20.1 Å². The van der Waals surface area contributed by atoms with E-state index in [1.54, 1.807) is 7.05 Å².